The van der Waals surface area contributed by atoms with E-state index in [0.29, 0.717) is 25.2 Å². The maximum absolute atomic E-state index is 12.5. The lowest BCUT2D eigenvalue weighted by atomic mass is 9.54. The van der Waals surface area contributed by atoms with Crippen molar-refractivity contribution >= 4 is 6.03 Å². The standard InChI is InChI=1S/C18H30N4O2/c1-3-24-16-14-15(18(16)8-5-4-6-9-18)21(2)17(23)19-11-13-22-12-7-10-20-22/h7,10,12,15-16H,3-6,8-9,11,13-14H2,1-2H3,(H,19,23). The summed E-state index contributed by atoms with van der Waals surface area (Å²) in [6, 6.07) is 2.22. The Balaban J connectivity index is 1.54. The molecule has 0 saturated heterocycles. The third kappa shape index (κ3) is 3.29. The molecule has 1 heterocycles. The van der Waals surface area contributed by atoms with E-state index < -0.39 is 0 Å². The quantitative estimate of drug-likeness (QED) is 0.870. The third-order valence-electron chi connectivity index (χ3n) is 5.86. The largest absolute Gasteiger partial charge is 0.378 e. The van der Waals surface area contributed by atoms with E-state index in [0.717, 1.165) is 13.0 Å². The summed E-state index contributed by atoms with van der Waals surface area (Å²) in [5, 5.41) is 7.18. The molecule has 2 fully saturated rings. The zero-order chi connectivity index (χ0) is 17.0. The van der Waals surface area contributed by atoms with Crippen molar-refractivity contribution in [3.8, 4) is 0 Å². The van der Waals surface area contributed by atoms with E-state index >= 15 is 0 Å². The molecule has 1 N–H and O–H groups in total. The van der Waals surface area contributed by atoms with Crippen LogP contribution in [0.2, 0.25) is 0 Å². The second kappa shape index (κ2) is 7.55. The second-order valence-electron chi connectivity index (χ2n) is 7.10. The average molecular weight is 334 g/mol. The highest BCUT2D eigenvalue weighted by atomic mass is 16.5. The fourth-order valence-electron chi connectivity index (χ4n) is 4.55. The molecule has 134 valence electrons. The van der Waals surface area contributed by atoms with Crippen molar-refractivity contribution in [2.75, 3.05) is 20.2 Å². The zero-order valence-electron chi connectivity index (χ0n) is 14.9. The number of aromatic nitrogens is 2. The van der Waals surface area contributed by atoms with Crippen molar-refractivity contribution in [1.82, 2.24) is 20.0 Å². The fourth-order valence-corrected chi connectivity index (χ4v) is 4.55. The van der Waals surface area contributed by atoms with E-state index in [-0.39, 0.29) is 11.4 Å². The normalized spacial score (nSPS) is 25.2. The van der Waals surface area contributed by atoms with Crippen LogP contribution in [-0.4, -0.2) is 53.1 Å². The molecule has 2 atom stereocenters. The van der Waals surface area contributed by atoms with E-state index in [9.17, 15) is 4.79 Å². The van der Waals surface area contributed by atoms with E-state index in [1.807, 2.05) is 28.9 Å². The molecule has 24 heavy (non-hydrogen) atoms. The predicted octanol–water partition coefficient (Wildman–Crippen LogP) is 2.65. The van der Waals surface area contributed by atoms with Gasteiger partial charge in [0.2, 0.25) is 0 Å². The van der Waals surface area contributed by atoms with Gasteiger partial charge in [0.1, 0.15) is 0 Å². The summed E-state index contributed by atoms with van der Waals surface area (Å²) in [5.41, 5.74) is 0.183. The lowest BCUT2D eigenvalue weighted by Gasteiger charge is -2.60. The minimum absolute atomic E-state index is 0.0204. The van der Waals surface area contributed by atoms with Gasteiger partial charge in [-0.3, -0.25) is 4.68 Å². The molecule has 2 aliphatic rings. The van der Waals surface area contributed by atoms with Crippen LogP contribution in [0.3, 0.4) is 0 Å². The summed E-state index contributed by atoms with van der Waals surface area (Å²) in [4.78, 5) is 14.5. The number of ether oxygens (including phenoxy) is 1. The van der Waals surface area contributed by atoms with E-state index in [1.165, 1.54) is 32.1 Å². The van der Waals surface area contributed by atoms with Gasteiger partial charge in [0.05, 0.1) is 12.6 Å². The number of carbonyl (C=O) groups excluding carboxylic acids is 1. The number of carbonyl (C=O) groups is 1. The number of rotatable bonds is 6. The van der Waals surface area contributed by atoms with E-state index in [4.69, 9.17) is 4.74 Å². The molecule has 0 radical (unpaired) electrons. The van der Waals surface area contributed by atoms with E-state index in [2.05, 4.69) is 17.3 Å². The topological polar surface area (TPSA) is 59.4 Å². The highest BCUT2D eigenvalue weighted by Gasteiger charge is 2.57. The van der Waals surface area contributed by atoms with Crippen LogP contribution in [0.1, 0.15) is 45.4 Å². The molecule has 0 aliphatic heterocycles. The van der Waals surface area contributed by atoms with Crippen LogP contribution in [0.5, 0.6) is 0 Å². The van der Waals surface area contributed by atoms with Gasteiger partial charge in [-0.05, 0) is 32.3 Å². The number of amides is 2. The average Bonchev–Trinajstić information content (AvgIpc) is 3.12. The third-order valence-corrected chi connectivity index (χ3v) is 5.86. The van der Waals surface area contributed by atoms with Crippen LogP contribution in [0.4, 0.5) is 4.79 Å². The molecule has 2 unspecified atom stereocenters. The van der Waals surface area contributed by atoms with Crippen LogP contribution < -0.4 is 5.32 Å². The molecule has 6 nitrogen and oxygen atoms in total. The number of nitrogens with zero attached hydrogens (tertiary/aromatic N) is 3. The first-order chi connectivity index (χ1) is 11.7. The second-order valence-corrected chi connectivity index (χ2v) is 7.10. The Bertz CT molecular complexity index is 525. The molecule has 1 aromatic rings. The summed E-state index contributed by atoms with van der Waals surface area (Å²) >= 11 is 0. The lowest BCUT2D eigenvalue weighted by Crippen LogP contribution is -2.66. The fraction of sp³-hybridized carbons (Fsp3) is 0.778. The molecule has 2 amide bonds. The maximum atomic E-state index is 12.5. The Labute approximate surface area is 144 Å². The van der Waals surface area contributed by atoms with E-state index in [1.54, 1.807) is 6.20 Å². The molecular weight excluding hydrogens is 304 g/mol. The van der Waals surface area contributed by atoms with Crippen LogP contribution in [0, 0.1) is 5.41 Å². The minimum Gasteiger partial charge on any atom is -0.378 e. The summed E-state index contributed by atoms with van der Waals surface area (Å²) < 4.78 is 7.82. The Morgan fingerprint density at radius 1 is 1.42 bits per heavy atom. The zero-order valence-corrected chi connectivity index (χ0v) is 14.9. The maximum Gasteiger partial charge on any atom is 0.317 e. The van der Waals surface area contributed by atoms with Gasteiger partial charge in [-0.2, -0.15) is 5.10 Å². The summed E-state index contributed by atoms with van der Waals surface area (Å²) in [5.74, 6) is 0. The first-order valence-electron chi connectivity index (χ1n) is 9.27. The minimum atomic E-state index is 0.0204. The molecule has 0 aromatic carbocycles. The Hall–Kier alpha value is -1.56. The molecule has 3 rings (SSSR count). The van der Waals surface area contributed by atoms with Gasteiger partial charge >= 0.3 is 6.03 Å². The Kier molecular flexibility index (Phi) is 5.43. The van der Waals surface area contributed by atoms with Crippen molar-refractivity contribution < 1.29 is 9.53 Å². The van der Waals surface area contributed by atoms with Crippen LogP contribution in [0.25, 0.3) is 0 Å². The molecule has 2 saturated carbocycles. The monoisotopic (exact) mass is 334 g/mol. The first-order valence-corrected chi connectivity index (χ1v) is 9.27. The summed E-state index contributed by atoms with van der Waals surface area (Å²) in [7, 11) is 1.94. The molecular formula is C18H30N4O2. The first kappa shape index (κ1) is 17.3. The van der Waals surface area contributed by atoms with Gasteiger partial charge in [0, 0.05) is 44.0 Å². The van der Waals surface area contributed by atoms with Crippen LogP contribution in [0.15, 0.2) is 18.5 Å². The van der Waals surface area contributed by atoms with Crippen LogP contribution in [-0.2, 0) is 11.3 Å². The van der Waals surface area contributed by atoms with Crippen molar-refractivity contribution in [3.63, 3.8) is 0 Å². The van der Waals surface area contributed by atoms with Gasteiger partial charge in [-0.1, -0.05) is 19.3 Å². The highest BCUT2D eigenvalue weighted by Crippen LogP contribution is 2.55. The van der Waals surface area contributed by atoms with Gasteiger partial charge in [0.15, 0.2) is 0 Å². The van der Waals surface area contributed by atoms with Gasteiger partial charge in [-0.25, -0.2) is 4.79 Å². The van der Waals surface area contributed by atoms with Gasteiger partial charge < -0.3 is 15.0 Å². The van der Waals surface area contributed by atoms with Crippen molar-refractivity contribution in [2.45, 2.75) is 64.1 Å². The van der Waals surface area contributed by atoms with Gasteiger partial charge in [0.25, 0.3) is 0 Å². The summed E-state index contributed by atoms with van der Waals surface area (Å²) in [6.45, 7) is 4.12. The Morgan fingerprint density at radius 3 is 2.88 bits per heavy atom. The van der Waals surface area contributed by atoms with Crippen molar-refractivity contribution in [3.05, 3.63) is 18.5 Å². The smallest absolute Gasteiger partial charge is 0.317 e. The van der Waals surface area contributed by atoms with Crippen LogP contribution >= 0.6 is 0 Å². The molecule has 0 bridgehead atoms. The molecule has 2 aliphatic carbocycles. The number of urea groups is 1. The molecule has 6 heteroatoms. The number of hydrogen-bond acceptors (Lipinski definition) is 3. The SMILES string of the molecule is CCOC1CC(N(C)C(=O)NCCn2cccn2)C12CCCCC2. The Morgan fingerprint density at radius 2 is 2.21 bits per heavy atom. The van der Waals surface area contributed by atoms with Gasteiger partial charge in [-0.15, -0.1) is 0 Å². The highest BCUT2D eigenvalue weighted by molar-refractivity contribution is 5.74. The van der Waals surface area contributed by atoms with Crippen molar-refractivity contribution in [2.24, 2.45) is 5.41 Å². The molecule has 1 aromatic heterocycles. The predicted molar refractivity (Wildman–Crippen MR) is 92.7 cm³/mol. The van der Waals surface area contributed by atoms with Crippen molar-refractivity contribution in [1.29, 1.82) is 0 Å². The summed E-state index contributed by atoms with van der Waals surface area (Å²) in [6.07, 6.45) is 11.2. The lowest BCUT2D eigenvalue weighted by molar-refractivity contribution is -0.170. The number of nitrogens with one attached hydrogen (secondary N) is 1. The number of hydrogen-bond donors (Lipinski definition) is 1. The molecule has 1 spiro atoms.